The lowest BCUT2D eigenvalue weighted by Crippen LogP contribution is -2.54. The SMILES string of the molecule is C[C@H]1OC(=O)C2(Cc3nnn(C)n3)CC(F)(F)[C@@H](C)[C@H](/C=C/c3ccc(-c4ccccc4Cl)cn3)[C@H]12. The van der Waals surface area contributed by atoms with Crippen LogP contribution < -0.4 is 0 Å². The predicted molar refractivity (Wildman–Crippen MR) is 130 cm³/mol. The molecular weight excluding hydrogens is 488 g/mol. The smallest absolute Gasteiger partial charge is 0.313 e. The number of aryl methyl sites for hydroxylation is 1. The van der Waals surface area contributed by atoms with Crippen molar-refractivity contribution in [1.82, 2.24) is 25.2 Å². The number of fused-ring (bicyclic) bond motifs is 1. The van der Waals surface area contributed by atoms with Gasteiger partial charge in [0.2, 0.25) is 0 Å². The molecule has 5 atom stereocenters. The van der Waals surface area contributed by atoms with E-state index < -0.39 is 47.6 Å². The summed E-state index contributed by atoms with van der Waals surface area (Å²) >= 11 is 6.29. The van der Waals surface area contributed by atoms with Crippen LogP contribution in [0, 0.1) is 23.2 Å². The molecule has 1 saturated heterocycles. The summed E-state index contributed by atoms with van der Waals surface area (Å²) in [5.41, 5.74) is 0.898. The third-order valence-corrected chi connectivity index (χ3v) is 7.87. The highest BCUT2D eigenvalue weighted by Gasteiger charge is 2.68. The second kappa shape index (κ2) is 9.03. The lowest BCUT2D eigenvalue weighted by atomic mass is 9.55. The van der Waals surface area contributed by atoms with E-state index in [4.69, 9.17) is 16.3 Å². The van der Waals surface area contributed by atoms with Crippen LogP contribution in [0.1, 0.15) is 31.8 Å². The van der Waals surface area contributed by atoms with Crippen LogP contribution in [-0.2, 0) is 23.0 Å². The minimum atomic E-state index is -3.09. The number of benzene rings is 1. The number of rotatable bonds is 5. The summed E-state index contributed by atoms with van der Waals surface area (Å²) in [7, 11) is 1.59. The summed E-state index contributed by atoms with van der Waals surface area (Å²) in [4.78, 5) is 18.8. The van der Waals surface area contributed by atoms with E-state index in [1.165, 1.54) is 11.7 Å². The average Bonchev–Trinajstić information content (AvgIpc) is 3.34. The number of halogens is 3. The molecule has 3 heterocycles. The fraction of sp³-hybridized carbons (Fsp3) is 0.423. The van der Waals surface area contributed by atoms with E-state index in [1.807, 2.05) is 36.4 Å². The van der Waals surface area contributed by atoms with Crippen molar-refractivity contribution in [3.63, 3.8) is 0 Å². The van der Waals surface area contributed by atoms with Gasteiger partial charge >= 0.3 is 5.97 Å². The van der Waals surface area contributed by atoms with Gasteiger partial charge < -0.3 is 4.74 Å². The average molecular weight is 514 g/mol. The number of nitrogens with zero attached hydrogens (tertiary/aromatic N) is 5. The number of alkyl halides is 2. The predicted octanol–water partition coefficient (Wildman–Crippen LogP) is 5.02. The zero-order chi connectivity index (χ0) is 25.7. The number of ether oxygens (including phenoxy) is 1. The number of esters is 1. The van der Waals surface area contributed by atoms with Crippen molar-refractivity contribution in [2.24, 2.45) is 30.2 Å². The molecule has 188 valence electrons. The second-order valence-electron chi connectivity index (χ2n) is 9.78. The number of aromatic nitrogens is 5. The molecular formula is C26H26ClF2N5O2. The first-order chi connectivity index (χ1) is 17.1. The molecule has 36 heavy (non-hydrogen) atoms. The number of allylic oxidation sites excluding steroid dienone is 1. The summed E-state index contributed by atoms with van der Waals surface area (Å²) in [6.45, 7) is 3.30. The van der Waals surface area contributed by atoms with Gasteiger partial charge in [-0.3, -0.25) is 9.78 Å². The monoisotopic (exact) mass is 513 g/mol. The van der Waals surface area contributed by atoms with Crippen LogP contribution in [-0.4, -0.2) is 43.2 Å². The molecule has 0 bridgehead atoms. The van der Waals surface area contributed by atoms with Gasteiger partial charge in [-0.2, -0.15) is 4.80 Å². The molecule has 2 fully saturated rings. The molecule has 0 spiro atoms. The first-order valence-corrected chi connectivity index (χ1v) is 12.2. The minimum Gasteiger partial charge on any atom is -0.462 e. The van der Waals surface area contributed by atoms with Gasteiger partial charge in [0.25, 0.3) is 5.92 Å². The number of tetrazole rings is 1. The van der Waals surface area contributed by atoms with Crippen molar-refractivity contribution >= 4 is 23.6 Å². The van der Waals surface area contributed by atoms with Crippen LogP contribution in [0.3, 0.4) is 0 Å². The topological polar surface area (TPSA) is 82.8 Å². The fourth-order valence-corrected chi connectivity index (χ4v) is 6.02. The number of carbonyl (C=O) groups is 1. The van der Waals surface area contributed by atoms with Crippen molar-refractivity contribution in [3.05, 3.63) is 65.2 Å². The van der Waals surface area contributed by atoms with Gasteiger partial charge in [-0.25, -0.2) is 8.78 Å². The maximum absolute atomic E-state index is 15.4. The van der Waals surface area contributed by atoms with Gasteiger partial charge in [0.1, 0.15) is 6.10 Å². The van der Waals surface area contributed by atoms with E-state index in [9.17, 15) is 4.79 Å². The van der Waals surface area contributed by atoms with Gasteiger partial charge in [-0.1, -0.05) is 48.9 Å². The second-order valence-corrected chi connectivity index (χ2v) is 10.2. The van der Waals surface area contributed by atoms with Crippen molar-refractivity contribution < 1.29 is 18.3 Å². The first kappa shape index (κ1) is 24.5. The molecule has 1 aliphatic heterocycles. The Labute approximate surface area is 212 Å². The molecule has 3 aromatic rings. The van der Waals surface area contributed by atoms with E-state index in [2.05, 4.69) is 20.4 Å². The molecule has 2 aromatic heterocycles. The zero-order valence-electron chi connectivity index (χ0n) is 20.1. The Bertz CT molecular complexity index is 1310. The Balaban J connectivity index is 1.47. The van der Waals surface area contributed by atoms with Gasteiger partial charge in [0.15, 0.2) is 5.82 Å². The highest BCUT2D eigenvalue weighted by atomic mass is 35.5. The molecule has 1 unspecified atom stereocenters. The molecule has 5 rings (SSSR count). The molecule has 10 heteroatoms. The Morgan fingerprint density at radius 3 is 2.67 bits per heavy atom. The molecule has 0 amide bonds. The molecule has 0 radical (unpaired) electrons. The summed E-state index contributed by atoms with van der Waals surface area (Å²) in [5.74, 6) is -5.56. The summed E-state index contributed by atoms with van der Waals surface area (Å²) < 4.78 is 36.4. The Kier molecular flexibility index (Phi) is 6.14. The minimum absolute atomic E-state index is 0.0495. The Morgan fingerprint density at radius 1 is 1.22 bits per heavy atom. The molecule has 7 nitrogen and oxygen atoms in total. The van der Waals surface area contributed by atoms with Gasteiger partial charge in [-0.15, -0.1) is 10.2 Å². The molecule has 1 aliphatic carbocycles. The van der Waals surface area contributed by atoms with Gasteiger partial charge in [0.05, 0.1) is 18.2 Å². The Morgan fingerprint density at radius 2 is 2.00 bits per heavy atom. The van der Waals surface area contributed by atoms with E-state index in [0.717, 1.165) is 11.1 Å². The maximum atomic E-state index is 15.4. The molecule has 1 aromatic carbocycles. The van der Waals surface area contributed by atoms with E-state index in [1.54, 1.807) is 32.3 Å². The maximum Gasteiger partial charge on any atom is 0.313 e. The molecule has 1 saturated carbocycles. The summed E-state index contributed by atoms with van der Waals surface area (Å²) in [6, 6.07) is 11.2. The number of carbonyl (C=O) groups excluding carboxylic acids is 1. The van der Waals surface area contributed by atoms with Crippen LogP contribution in [0.4, 0.5) is 8.78 Å². The van der Waals surface area contributed by atoms with Crippen LogP contribution >= 0.6 is 11.6 Å². The lowest BCUT2D eigenvalue weighted by molar-refractivity contribution is -0.171. The quantitative estimate of drug-likeness (QED) is 0.445. The van der Waals surface area contributed by atoms with Crippen molar-refractivity contribution in [3.8, 4) is 11.1 Å². The van der Waals surface area contributed by atoms with Crippen LogP contribution in [0.15, 0.2) is 48.7 Å². The lowest BCUT2D eigenvalue weighted by Gasteiger charge is -2.47. The van der Waals surface area contributed by atoms with E-state index in [0.29, 0.717) is 10.7 Å². The van der Waals surface area contributed by atoms with E-state index in [-0.39, 0.29) is 12.2 Å². The van der Waals surface area contributed by atoms with Crippen molar-refractivity contribution in [1.29, 1.82) is 0 Å². The largest absolute Gasteiger partial charge is 0.462 e. The van der Waals surface area contributed by atoms with Crippen LogP contribution in [0.2, 0.25) is 5.02 Å². The van der Waals surface area contributed by atoms with Crippen LogP contribution in [0.25, 0.3) is 17.2 Å². The molecule has 2 aliphatic rings. The highest BCUT2D eigenvalue weighted by Crippen LogP contribution is 2.60. The summed E-state index contributed by atoms with van der Waals surface area (Å²) in [6.07, 6.45) is 4.00. The highest BCUT2D eigenvalue weighted by molar-refractivity contribution is 6.33. The number of cyclic esters (lactones) is 1. The molecule has 0 N–H and O–H groups in total. The van der Waals surface area contributed by atoms with Crippen molar-refractivity contribution in [2.45, 2.75) is 38.7 Å². The zero-order valence-corrected chi connectivity index (χ0v) is 20.9. The number of hydrogen-bond acceptors (Lipinski definition) is 6. The standard InChI is InChI=1S/C26H26ClF2N5O2/c1-15-19(11-10-18-9-8-17(13-30-18)20-6-4-5-7-21(20)27)23-16(2)36-24(35)25(23,14-26(15,28)29)12-22-31-33-34(3)32-22/h4-11,13,15-16,19,23H,12,14H2,1-3H3/b11-10+/t15-,16+,19-,23-,25?/m0/s1. The third-order valence-electron chi connectivity index (χ3n) is 7.54. The summed E-state index contributed by atoms with van der Waals surface area (Å²) in [5, 5.41) is 12.5. The van der Waals surface area contributed by atoms with Gasteiger partial charge in [-0.05, 0) is 36.3 Å². The first-order valence-electron chi connectivity index (χ1n) is 11.8. The Hall–Kier alpha value is -3.20. The van der Waals surface area contributed by atoms with Crippen LogP contribution in [0.5, 0.6) is 0 Å². The fourth-order valence-electron chi connectivity index (χ4n) is 5.77. The third kappa shape index (κ3) is 4.19. The van der Waals surface area contributed by atoms with Crippen molar-refractivity contribution in [2.75, 3.05) is 0 Å². The van der Waals surface area contributed by atoms with Gasteiger partial charge in [0, 0.05) is 47.0 Å². The number of hydrogen-bond donors (Lipinski definition) is 0. The number of pyridine rings is 1. The normalized spacial score (nSPS) is 29.3. The van der Waals surface area contributed by atoms with E-state index >= 15 is 8.78 Å².